The number of nitrogens with zero attached hydrogens (tertiary/aromatic N) is 1. The van der Waals surface area contributed by atoms with Crippen molar-refractivity contribution in [3.63, 3.8) is 0 Å². The summed E-state index contributed by atoms with van der Waals surface area (Å²) in [7, 11) is -1.83. The number of allylic oxidation sites excluding steroid dienone is 5. The van der Waals surface area contributed by atoms with Gasteiger partial charge in [0.1, 0.15) is 0 Å². The molecule has 0 spiro atoms. The molecule has 0 radical (unpaired) electrons. The number of rotatable bonds is 4. The zero-order valence-electron chi connectivity index (χ0n) is 16.5. The number of amides is 2. The quantitative estimate of drug-likeness (QED) is 0.753. The number of likely N-dealkylation sites (tertiary alicyclic amines) is 1. The number of nitrogens with one attached hydrogen (secondary N) is 2. The number of urea groups is 1. The Bertz CT molecular complexity index is 896. The van der Waals surface area contributed by atoms with Crippen molar-refractivity contribution >= 4 is 16.1 Å². The molecule has 0 aromatic heterocycles. The van der Waals surface area contributed by atoms with Crippen molar-refractivity contribution in [2.75, 3.05) is 13.6 Å². The maximum atomic E-state index is 12.4. The van der Waals surface area contributed by atoms with Crippen LogP contribution in [0.25, 0.3) is 0 Å². The molecule has 0 aromatic rings. The maximum absolute atomic E-state index is 12.4. The van der Waals surface area contributed by atoms with Gasteiger partial charge in [0, 0.05) is 17.1 Å². The lowest BCUT2D eigenvalue weighted by molar-refractivity contribution is 0.248. The van der Waals surface area contributed by atoms with E-state index in [4.69, 9.17) is 0 Å². The molecule has 152 valence electrons. The third kappa shape index (κ3) is 4.25. The lowest BCUT2D eigenvalue weighted by atomic mass is 9.87. The van der Waals surface area contributed by atoms with E-state index in [9.17, 15) is 13.2 Å². The van der Waals surface area contributed by atoms with Crippen molar-refractivity contribution < 1.29 is 13.2 Å². The molecule has 7 heteroatoms. The molecule has 0 aromatic carbocycles. The molecule has 2 saturated carbocycles. The van der Waals surface area contributed by atoms with E-state index in [1.165, 1.54) is 22.3 Å². The Morgan fingerprint density at radius 3 is 2.71 bits per heavy atom. The molecular weight excluding hydrogens is 374 g/mol. The van der Waals surface area contributed by atoms with E-state index >= 15 is 0 Å². The van der Waals surface area contributed by atoms with Crippen LogP contribution in [0.15, 0.2) is 45.5 Å². The summed E-state index contributed by atoms with van der Waals surface area (Å²) in [5.41, 5.74) is 6.31. The molecule has 28 heavy (non-hydrogen) atoms. The van der Waals surface area contributed by atoms with Crippen LogP contribution >= 0.6 is 0 Å². The topological polar surface area (TPSA) is 78.5 Å². The van der Waals surface area contributed by atoms with Crippen molar-refractivity contribution in [3.05, 3.63) is 45.5 Å². The predicted octanol–water partition coefficient (Wildman–Crippen LogP) is 3.47. The lowest BCUT2D eigenvalue weighted by Gasteiger charge is -2.20. The summed E-state index contributed by atoms with van der Waals surface area (Å²) in [4.78, 5) is 14.5. The SMILES string of the molecule is CN1CCC[C@H]1/C=C/S(=O)(=O)NC(=O)NC1=C2CCCC(=C3CCCC3=C1)C2. The molecule has 4 aliphatic rings. The normalized spacial score (nSPS) is 25.8. The minimum atomic E-state index is -3.81. The van der Waals surface area contributed by atoms with Gasteiger partial charge in [-0.1, -0.05) is 11.6 Å². The van der Waals surface area contributed by atoms with Crippen LogP contribution < -0.4 is 10.0 Å². The standard InChI is InChI=1S/C21H29N3O3S/c1-24-11-4-8-18(24)10-12-28(26,27)23-21(25)22-20-14-16-6-3-9-19(16)15-5-2-7-17(20)13-15/h10,12,14,18H,2-9,11,13H2,1H3,(H2,22,23,25)/b12-10+/t18-/m0/s1. The first-order valence-electron chi connectivity index (χ1n) is 10.3. The van der Waals surface area contributed by atoms with Crippen molar-refractivity contribution in [1.82, 2.24) is 14.9 Å². The molecular formula is C21H29N3O3S. The molecule has 6 nitrogen and oxygen atoms in total. The number of likely N-dealkylation sites (N-methyl/N-ethyl adjacent to an activating group) is 1. The zero-order chi connectivity index (χ0) is 19.7. The Labute approximate surface area is 167 Å². The van der Waals surface area contributed by atoms with Gasteiger partial charge < -0.3 is 5.32 Å². The van der Waals surface area contributed by atoms with Crippen LogP contribution in [-0.4, -0.2) is 39.0 Å². The van der Waals surface area contributed by atoms with Gasteiger partial charge in [-0.05, 0) is 94.2 Å². The van der Waals surface area contributed by atoms with Gasteiger partial charge in [-0.25, -0.2) is 17.9 Å². The average molecular weight is 404 g/mol. The van der Waals surface area contributed by atoms with Crippen LogP contribution in [0.1, 0.15) is 57.8 Å². The molecule has 3 fully saturated rings. The maximum Gasteiger partial charge on any atom is 0.333 e. The Morgan fingerprint density at radius 2 is 1.93 bits per heavy atom. The zero-order valence-corrected chi connectivity index (χ0v) is 17.3. The fourth-order valence-corrected chi connectivity index (χ4v) is 5.62. The Morgan fingerprint density at radius 1 is 1.14 bits per heavy atom. The highest BCUT2D eigenvalue weighted by molar-refractivity contribution is 7.92. The summed E-state index contributed by atoms with van der Waals surface area (Å²) >= 11 is 0. The third-order valence-electron chi connectivity index (χ3n) is 6.31. The molecule has 2 bridgehead atoms. The highest BCUT2D eigenvalue weighted by atomic mass is 32.2. The molecule has 2 N–H and O–H groups in total. The van der Waals surface area contributed by atoms with Crippen molar-refractivity contribution in [3.8, 4) is 0 Å². The Hall–Kier alpha value is -1.86. The van der Waals surface area contributed by atoms with E-state index in [1.54, 1.807) is 6.08 Å². The van der Waals surface area contributed by atoms with E-state index in [2.05, 4.69) is 21.0 Å². The smallest absolute Gasteiger partial charge is 0.307 e. The second kappa shape index (κ2) is 7.87. The number of carbonyl (C=O) groups excluding carboxylic acids is 1. The molecule has 2 amide bonds. The lowest BCUT2D eigenvalue weighted by Crippen LogP contribution is -2.38. The second-order valence-electron chi connectivity index (χ2n) is 8.27. The number of fused-ring (bicyclic) bond motifs is 3. The number of sulfonamides is 1. The van der Waals surface area contributed by atoms with Gasteiger partial charge in [0.25, 0.3) is 10.0 Å². The van der Waals surface area contributed by atoms with E-state index in [0.29, 0.717) is 0 Å². The fourth-order valence-electron chi connectivity index (χ4n) is 4.85. The predicted molar refractivity (Wildman–Crippen MR) is 110 cm³/mol. The van der Waals surface area contributed by atoms with E-state index < -0.39 is 16.1 Å². The average Bonchev–Trinajstić information content (AvgIpc) is 3.26. The van der Waals surface area contributed by atoms with Crippen LogP contribution in [0.4, 0.5) is 4.79 Å². The van der Waals surface area contributed by atoms with E-state index in [-0.39, 0.29) is 6.04 Å². The highest BCUT2D eigenvalue weighted by Gasteiger charge is 2.26. The summed E-state index contributed by atoms with van der Waals surface area (Å²) in [5, 5.41) is 3.95. The first kappa shape index (κ1) is 19.5. The summed E-state index contributed by atoms with van der Waals surface area (Å²) in [5.74, 6) is 0. The Balaban J connectivity index is 1.44. The van der Waals surface area contributed by atoms with Crippen LogP contribution in [0.3, 0.4) is 0 Å². The first-order valence-corrected chi connectivity index (χ1v) is 11.8. The molecule has 1 atom stereocenters. The van der Waals surface area contributed by atoms with E-state index in [0.717, 1.165) is 75.4 Å². The van der Waals surface area contributed by atoms with Gasteiger partial charge in [-0.2, -0.15) is 0 Å². The van der Waals surface area contributed by atoms with Gasteiger partial charge in [0.15, 0.2) is 0 Å². The summed E-state index contributed by atoms with van der Waals surface area (Å²) in [6.45, 7) is 0.965. The van der Waals surface area contributed by atoms with Crippen LogP contribution in [0.2, 0.25) is 0 Å². The summed E-state index contributed by atoms with van der Waals surface area (Å²) in [6.07, 6.45) is 13.2. The van der Waals surface area contributed by atoms with E-state index in [1.807, 2.05) is 7.05 Å². The monoisotopic (exact) mass is 403 g/mol. The van der Waals surface area contributed by atoms with Gasteiger partial charge >= 0.3 is 6.03 Å². The van der Waals surface area contributed by atoms with Crippen molar-refractivity contribution in [2.45, 2.75) is 63.8 Å². The number of hydrogen-bond acceptors (Lipinski definition) is 4. The fraction of sp³-hybridized carbons (Fsp3) is 0.571. The van der Waals surface area contributed by atoms with Crippen LogP contribution in [-0.2, 0) is 10.0 Å². The molecule has 0 unspecified atom stereocenters. The third-order valence-corrected chi connectivity index (χ3v) is 7.30. The molecule has 1 saturated heterocycles. The molecule has 4 rings (SSSR count). The Kier molecular flexibility index (Phi) is 5.47. The molecule has 1 aliphatic heterocycles. The number of carbonyl (C=O) groups is 1. The van der Waals surface area contributed by atoms with Gasteiger partial charge in [-0.3, -0.25) is 4.90 Å². The van der Waals surface area contributed by atoms with Crippen LogP contribution in [0.5, 0.6) is 0 Å². The largest absolute Gasteiger partial charge is 0.333 e. The summed E-state index contributed by atoms with van der Waals surface area (Å²) in [6, 6.07) is -0.568. The highest BCUT2D eigenvalue weighted by Crippen LogP contribution is 2.43. The first-order chi connectivity index (χ1) is 13.4. The minimum absolute atomic E-state index is 0.115. The minimum Gasteiger partial charge on any atom is -0.307 e. The van der Waals surface area contributed by atoms with Crippen molar-refractivity contribution in [2.24, 2.45) is 0 Å². The van der Waals surface area contributed by atoms with Gasteiger partial charge in [0.2, 0.25) is 0 Å². The van der Waals surface area contributed by atoms with Crippen LogP contribution in [0, 0.1) is 0 Å². The van der Waals surface area contributed by atoms with Gasteiger partial charge in [0.05, 0.1) is 0 Å². The second-order valence-corrected chi connectivity index (χ2v) is 9.84. The molecule has 1 heterocycles. The summed E-state index contributed by atoms with van der Waals surface area (Å²) < 4.78 is 26.7. The van der Waals surface area contributed by atoms with Gasteiger partial charge in [-0.15, -0.1) is 0 Å². The van der Waals surface area contributed by atoms with Crippen molar-refractivity contribution in [1.29, 1.82) is 0 Å². The number of hydrogen-bond donors (Lipinski definition) is 2. The molecule has 3 aliphatic carbocycles.